The zero-order chi connectivity index (χ0) is 13.6. The molecule has 106 valence electrons. The first-order chi connectivity index (χ1) is 9.28. The maximum atomic E-state index is 9.66. The van der Waals surface area contributed by atoms with Gasteiger partial charge in [0.15, 0.2) is 0 Å². The van der Waals surface area contributed by atoms with Gasteiger partial charge in [0.05, 0.1) is 18.8 Å². The lowest BCUT2D eigenvalue weighted by Crippen LogP contribution is -2.44. The second kappa shape index (κ2) is 6.70. The summed E-state index contributed by atoms with van der Waals surface area (Å²) < 4.78 is 5.50. The quantitative estimate of drug-likeness (QED) is 0.826. The monoisotopic (exact) mass is 265 g/mol. The maximum Gasteiger partial charge on any atom is 0.226 e. The molecule has 2 rings (SSSR count). The Morgan fingerprint density at radius 1 is 1.37 bits per heavy atom. The van der Waals surface area contributed by atoms with Gasteiger partial charge in [-0.3, -0.25) is 0 Å². The van der Waals surface area contributed by atoms with Crippen LogP contribution in [0, 0.1) is 0 Å². The Hall–Kier alpha value is -1.36. The van der Waals surface area contributed by atoms with E-state index in [1.54, 1.807) is 12.3 Å². The normalized spacial score (nSPS) is 18.0. The van der Waals surface area contributed by atoms with Gasteiger partial charge in [0, 0.05) is 12.3 Å². The number of anilines is 1. The number of hydrogen-bond donors (Lipinski definition) is 2. The standard InChI is InChI=1S/C14H23N3O2/c1-2-10-19-12-6-9-15-13(16-12)17-14(11-18)7-4-3-5-8-14/h6,9,18H,2-5,7-8,10-11H2,1H3,(H,15,16,17). The summed E-state index contributed by atoms with van der Waals surface area (Å²) in [6.07, 6.45) is 8.09. The molecule has 1 heterocycles. The summed E-state index contributed by atoms with van der Waals surface area (Å²) in [5.41, 5.74) is -0.262. The molecule has 1 fully saturated rings. The van der Waals surface area contributed by atoms with E-state index in [1.165, 1.54) is 6.42 Å². The van der Waals surface area contributed by atoms with Crippen LogP contribution in [-0.4, -0.2) is 33.8 Å². The average molecular weight is 265 g/mol. The molecule has 0 aromatic carbocycles. The Morgan fingerprint density at radius 2 is 2.16 bits per heavy atom. The summed E-state index contributed by atoms with van der Waals surface area (Å²) >= 11 is 0. The van der Waals surface area contributed by atoms with Crippen LogP contribution in [0.25, 0.3) is 0 Å². The van der Waals surface area contributed by atoms with E-state index < -0.39 is 0 Å². The third kappa shape index (κ3) is 3.80. The Balaban J connectivity index is 2.04. The van der Waals surface area contributed by atoms with Gasteiger partial charge in [0.1, 0.15) is 0 Å². The van der Waals surface area contributed by atoms with Crippen molar-refractivity contribution in [3.8, 4) is 5.88 Å². The van der Waals surface area contributed by atoms with Gasteiger partial charge in [-0.05, 0) is 19.3 Å². The lowest BCUT2D eigenvalue weighted by molar-refractivity contribution is 0.172. The van der Waals surface area contributed by atoms with Crippen LogP contribution in [0.2, 0.25) is 0 Å². The smallest absolute Gasteiger partial charge is 0.226 e. The van der Waals surface area contributed by atoms with Crippen molar-refractivity contribution in [1.82, 2.24) is 9.97 Å². The van der Waals surface area contributed by atoms with Crippen molar-refractivity contribution in [2.24, 2.45) is 0 Å². The van der Waals surface area contributed by atoms with Crippen molar-refractivity contribution in [2.45, 2.75) is 51.0 Å². The molecule has 2 N–H and O–H groups in total. The third-order valence-electron chi connectivity index (χ3n) is 3.57. The topological polar surface area (TPSA) is 67.3 Å². The summed E-state index contributed by atoms with van der Waals surface area (Å²) in [6, 6.07) is 1.76. The van der Waals surface area contributed by atoms with Crippen LogP contribution in [-0.2, 0) is 0 Å². The fraction of sp³-hybridized carbons (Fsp3) is 0.714. The van der Waals surface area contributed by atoms with E-state index in [-0.39, 0.29) is 12.1 Å². The van der Waals surface area contributed by atoms with Crippen LogP contribution < -0.4 is 10.1 Å². The molecule has 5 nitrogen and oxygen atoms in total. The first-order valence-corrected chi connectivity index (χ1v) is 7.13. The molecular formula is C14H23N3O2. The predicted molar refractivity (Wildman–Crippen MR) is 74.3 cm³/mol. The minimum Gasteiger partial charge on any atom is -0.478 e. The van der Waals surface area contributed by atoms with Crippen LogP contribution in [0.3, 0.4) is 0 Å². The van der Waals surface area contributed by atoms with Gasteiger partial charge in [-0.15, -0.1) is 0 Å². The highest BCUT2D eigenvalue weighted by atomic mass is 16.5. The SMILES string of the molecule is CCCOc1ccnc(NC2(CO)CCCCC2)n1. The van der Waals surface area contributed by atoms with Crippen LogP contribution in [0.4, 0.5) is 5.95 Å². The summed E-state index contributed by atoms with van der Waals surface area (Å²) in [5, 5.41) is 13.0. The number of ether oxygens (including phenoxy) is 1. The predicted octanol–water partition coefficient (Wildman–Crippen LogP) is 2.37. The Bertz CT molecular complexity index is 392. The highest BCUT2D eigenvalue weighted by molar-refractivity contribution is 5.32. The van der Waals surface area contributed by atoms with Gasteiger partial charge in [-0.2, -0.15) is 4.98 Å². The number of rotatable bonds is 6. The van der Waals surface area contributed by atoms with Gasteiger partial charge >= 0.3 is 0 Å². The van der Waals surface area contributed by atoms with E-state index in [0.717, 1.165) is 32.1 Å². The summed E-state index contributed by atoms with van der Waals surface area (Å²) in [5.74, 6) is 1.13. The Morgan fingerprint density at radius 3 is 2.84 bits per heavy atom. The minimum atomic E-state index is -0.262. The average Bonchev–Trinajstić information content (AvgIpc) is 2.46. The molecule has 1 aromatic rings. The van der Waals surface area contributed by atoms with Crippen LogP contribution in [0.1, 0.15) is 45.4 Å². The largest absolute Gasteiger partial charge is 0.478 e. The highest BCUT2D eigenvalue weighted by Gasteiger charge is 2.31. The summed E-state index contributed by atoms with van der Waals surface area (Å²) in [7, 11) is 0. The van der Waals surface area contributed by atoms with E-state index in [9.17, 15) is 5.11 Å². The van der Waals surface area contributed by atoms with Gasteiger partial charge in [-0.1, -0.05) is 26.2 Å². The molecular weight excluding hydrogens is 242 g/mol. The number of nitrogens with one attached hydrogen (secondary N) is 1. The number of aliphatic hydroxyl groups excluding tert-OH is 1. The minimum absolute atomic E-state index is 0.121. The van der Waals surface area contributed by atoms with Crippen molar-refractivity contribution in [3.05, 3.63) is 12.3 Å². The molecule has 0 bridgehead atoms. The van der Waals surface area contributed by atoms with Crippen molar-refractivity contribution in [2.75, 3.05) is 18.5 Å². The highest BCUT2D eigenvalue weighted by Crippen LogP contribution is 2.30. The van der Waals surface area contributed by atoms with E-state index in [0.29, 0.717) is 18.4 Å². The third-order valence-corrected chi connectivity index (χ3v) is 3.57. The molecule has 0 unspecified atom stereocenters. The molecule has 0 saturated heterocycles. The van der Waals surface area contributed by atoms with Gasteiger partial charge in [0.2, 0.25) is 11.8 Å². The zero-order valence-corrected chi connectivity index (χ0v) is 11.6. The Kier molecular flexibility index (Phi) is 4.96. The molecule has 0 spiro atoms. The molecule has 1 aliphatic carbocycles. The second-order valence-electron chi connectivity index (χ2n) is 5.19. The first kappa shape index (κ1) is 14.1. The number of aliphatic hydroxyl groups is 1. The molecule has 0 atom stereocenters. The zero-order valence-electron chi connectivity index (χ0n) is 11.6. The van der Waals surface area contributed by atoms with Crippen LogP contribution in [0.15, 0.2) is 12.3 Å². The molecule has 5 heteroatoms. The van der Waals surface area contributed by atoms with E-state index in [2.05, 4.69) is 22.2 Å². The molecule has 1 aliphatic rings. The fourth-order valence-corrected chi connectivity index (χ4v) is 2.48. The van der Waals surface area contributed by atoms with E-state index in [1.807, 2.05) is 0 Å². The number of nitrogens with zero attached hydrogens (tertiary/aromatic N) is 2. The van der Waals surface area contributed by atoms with Crippen molar-refractivity contribution < 1.29 is 9.84 Å². The van der Waals surface area contributed by atoms with E-state index >= 15 is 0 Å². The number of hydrogen-bond acceptors (Lipinski definition) is 5. The molecule has 0 amide bonds. The lowest BCUT2D eigenvalue weighted by atomic mass is 9.82. The Labute approximate surface area is 114 Å². The van der Waals surface area contributed by atoms with Crippen molar-refractivity contribution in [1.29, 1.82) is 0 Å². The van der Waals surface area contributed by atoms with Crippen LogP contribution >= 0.6 is 0 Å². The van der Waals surface area contributed by atoms with Crippen molar-refractivity contribution >= 4 is 5.95 Å². The van der Waals surface area contributed by atoms with Gasteiger partial charge in [-0.25, -0.2) is 4.98 Å². The summed E-state index contributed by atoms with van der Waals surface area (Å²) in [6.45, 7) is 2.83. The van der Waals surface area contributed by atoms with Gasteiger partial charge < -0.3 is 15.2 Å². The lowest BCUT2D eigenvalue weighted by Gasteiger charge is -2.36. The first-order valence-electron chi connectivity index (χ1n) is 7.13. The maximum absolute atomic E-state index is 9.66. The molecule has 0 aliphatic heterocycles. The fourth-order valence-electron chi connectivity index (χ4n) is 2.48. The molecule has 1 saturated carbocycles. The van der Waals surface area contributed by atoms with Gasteiger partial charge in [0.25, 0.3) is 0 Å². The van der Waals surface area contributed by atoms with Crippen molar-refractivity contribution in [3.63, 3.8) is 0 Å². The molecule has 19 heavy (non-hydrogen) atoms. The second-order valence-corrected chi connectivity index (χ2v) is 5.19. The van der Waals surface area contributed by atoms with E-state index in [4.69, 9.17) is 4.74 Å². The number of aromatic nitrogens is 2. The van der Waals surface area contributed by atoms with Crippen LogP contribution in [0.5, 0.6) is 5.88 Å². The molecule has 1 aromatic heterocycles. The molecule has 0 radical (unpaired) electrons. The summed E-state index contributed by atoms with van der Waals surface area (Å²) in [4.78, 5) is 8.56.